The normalized spacial score (nSPS) is 10.9. The van der Waals surface area contributed by atoms with Crippen molar-refractivity contribution in [3.05, 3.63) is 64.6 Å². The number of ether oxygens (including phenoxy) is 2. The van der Waals surface area contributed by atoms with E-state index < -0.39 is 5.91 Å². The summed E-state index contributed by atoms with van der Waals surface area (Å²) in [6.45, 7) is -0.205. The highest BCUT2D eigenvalue weighted by Gasteiger charge is 2.07. The second-order valence-corrected chi connectivity index (χ2v) is 6.45. The summed E-state index contributed by atoms with van der Waals surface area (Å²) in [6.07, 6.45) is 1.42. The number of hydrogen-bond donors (Lipinski definition) is 2. The first-order valence-electron chi connectivity index (χ1n) is 8.07. The van der Waals surface area contributed by atoms with Crippen molar-refractivity contribution in [1.29, 1.82) is 0 Å². The van der Waals surface area contributed by atoms with Gasteiger partial charge in [0.2, 0.25) is 0 Å². The molecule has 0 aliphatic carbocycles. The predicted molar refractivity (Wildman–Crippen MR) is 108 cm³/mol. The van der Waals surface area contributed by atoms with Crippen molar-refractivity contribution >= 4 is 38.8 Å². The number of benzene rings is 3. The fourth-order valence-corrected chi connectivity index (χ4v) is 2.96. The van der Waals surface area contributed by atoms with Crippen LogP contribution in [0.2, 0.25) is 0 Å². The number of carbonyl (C=O) groups excluding carboxylic acids is 1. The number of hydrazone groups is 1. The number of phenolic OH excluding ortho intramolecular Hbond substituents is 1. The van der Waals surface area contributed by atoms with Crippen LogP contribution < -0.4 is 14.9 Å². The van der Waals surface area contributed by atoms with Gasteiger partial charge in [0.25, 0.3) is 5.91 Å². The van der Waals surface area contributed by atoms with Crippen LogP contribution in [0.5, 0.6) is 17.2 Å². The summed E-state index contributed by atoms with van der Waals surface area (Å²) in [6, 6.07) is 16.2. The Kier molecular flexibility index (Phi) is 5.93. The number of amides is 1. The van der Waals surface area contributed by atoms with E-state index >= 15 is 0 Å². The van der Waals surface area contributed by atoms with Crippen molar-refractivity contribution in [2.24, 2.45) is 5.10 Å². The molecular formula is C20H17BrN2O4. The first-order valence-corrected chi connectivity index (χ1v) is 8.86. The summed E-state index contributed by atoms with van der Waals surface area (Å²) in [7, 11) is 1.57. The molecule has 0 aromatic heterocycles. The maximum absolute atomic E-state index is 11.9. The summed E-state index contributed by atoms with van der Waals surface area (Å²) in [5, 5.41) is 15.8. The van der Waals surface area contributed by atoms with Crippen molar-refractivity contribution in [2.45, 2.75) is 0 Å². The van der Waals surface area contributed by atoms with Crippen LogP contribution in [0.15, 0.2) is 64.2 Å². The molecule has 0 fully saturated rings. The fraction of sp³-hybridized carbons (Fsp3) is 0.100. The minimum absolute atomic E-state index is 0.0881. The van der Waals surface area contributed by atoms with Crippen molar-refractivity contribution in [3.8, 4) is 17.2 Å². The van der Waals surface area contributed by atoms with Crippen LogP contribution in [0.25, 0.3) is 10.8 Å². The van der Waals surface area contributed by atoms with E-state index in [2.05, 4.69) is 26.5 Å². The third-order valence-corrected chi connectivity index (χ3v) is 4.45. The van der Waals surface area contributed by atoms with Crippen LogP contribution >= 0.6 is 15.9 Å². The second kappa shape index (κ2) is 8.55. The zero-order valence-corrected chi connectivity index (χ0v) is 16.1. The Bertz CT molecular complexity index is 1000. The van der Waals surface area contributed by atoms with E-state index in [0.29, 0.717) is 21.5 Å². The van der Waals surface area contributed by atoms with Gasteiger partial charge in [-0.05, 0) is 51.0 Å². The lowest BCUT2D eigenvalue weighted by Crippen LogP contribution is -2.24. The molecule has 3 aromatic rings. The van der Waals surface area contributed by atoms with Gasteiger partial charge in [-0.1, -0.05) is 30.3 Å². The third-order valence-electron chi connectivity index (χ3n) is 3.83. The number of carbonyl (C=O) groups is 1. The molecule has 0 bridgehead atoms. The Morgan fingerprint density at radius 2 is 2.04 bits per heavy atom. The summed E-state index contributed by atoms with van der Waals surface area (Å²) < 4.78 is 11.2. The largest absolute Gasteiger partial charge is 0.507 e. The third kappa shape index (κ3) is 4.57. The van der Waals surface area contributed by atoms with Crippen molar-refractivity contribution in [1.82, 2.24) is 5.43 Å². The number of halogens is 1. The first-order chi connectivity index (χ1) is 13.1. The first kappa shape index (κ1) is 18.7. The molecule has 0 saturated carbocycles. The van der Waals surface area contributed by atoms with E-state index in [4.69, 9.17) is 9.47 Å². The molecule has 3 rings (SSSR count). The number of aromatic hydroxyl groups is 1. The van der Waals surface area contributed by atoms with Gasteiger partial charge in [-0.25, -0.2) is 5.43 Å². The lowest BCUT2D eigenvalue weighted by molar-refractivity contribution is -0.123. The molecule has 0 atom stereocenters. The van der Waals surface area contributed by atoms with Crippen LogP contribution in [0.3, 0.4) is 0 Å². The predicted octanol–water partition coefficient (Wildman–Crippen LogP) is 3.85. The molecular weight excluding hydrogens is 412 g/mol. The molecule has 1 amide bonds. The second-order valence-electron chi connectivity index (χ2n) is 5.60. The Labute approximate surface area is 164 Å². The Hall–Kier alpha value is -3.06. The van der Waals surface area contributed by atoms with Gasteiger partial charge in [-0.3, -0.25) is 4.79 Å². The number of fused-ring (bicyclic) bond motifs is 1. The Morgan fingerprint density at radius 3 is 2.81 bits per heavy atom. The maximum Gasteiger partial charge on any atom is 0.277 e. The minimum atomic E-state index is -0.423. The molecule has 6 nitrogen and oxygen atoms in total. The van der Waals surface area contributed by atoms with Gasteiger partial charge in [0.1, 0.15) is 17.2 Å². The molecule has 0 spiro atoms. The maximum atomic E-state index is 11.9. The van der Waals surface area contributed by atoms with Gasteiger partial charge in [0.15, 0.2) is 6.61 Å². The molecule has 27 heavy (non-hydrogen) atoms. The van der Waals surface area contributed by atoms with E-state index in [-0.39, 0.29) is 12.4 Å². The molecule has 0 aliphatic heterocycles. The summed E-state index contributed by atoms with van der Waals surface area (Å²) >= 11 is 3.36. The van der Waals surface area contributed by atoms with Gasteiger partial charge in [0, 0.05) is 5.56 Å². The summed E-state index contributed by atoms with van der Waals surface area (Å²) in [5.74, 6) is 0.860. The van der Waals surface area contributed by atoms with Crippen LogP contribution in [0.4, 0.5) is 0 Å². The van der Waals surface area contributed by atoms with Crippen LogP contribution in [0.1, 0.15) is 5.56 Å². The highest BCUT2D eigenvalue weighted by atomic mass is 79.9. The van der Waals surface area contributed by atoms with Crippen molar-refractivity contribution < 1.29 is 19.4 Å². The zero-order chi connectivity index (χ0) is 19.2. The smallest absolute Gasteiger partial charge is 0.277 e. The van der Waals surface area contributed by atoms with E-state index in [1.165, 1.54) is 6.21 Å². The van der Waals surface area contributed by atoms with Crippen LogP contribution in [-0.2, 0) is 4.79 Å². The molecule has 0 aliphatic rings. The van der Waals surface area contributed by atoms with Gasteiger partial charge in [0.05, 0.1) is 17.8 Å². The van der Waals surface area contributed by atoms with Gasteiger partial charge < -0.3 is 14.6 Å². The number of nitrogens with one attached hydrogen (secondary N) is 1. The molecule has 0 unspecified atom stereocenters. The average Bonchev–Trinajstić information content (AvgIpc) is 2.68. The van der Waals surface area contributed by atoms with Gasteiger partial charge in [-0.2, -0.15) is 5.10 Å². The van der Waals surface area contributed by atoms with E-state index in [1.807, 2.05) is 30.3 Å². The fourth-order valence-electron chi connectivity index (χ4n) is 2.49. The van der Waals surface area contributed by atoms with E-state index in [1.54, 1.807) is 31.4 Å². The zero-order valence-electron chi connectivity index (χ0n) is 14.5. The quantitative estimate of drug-likeness (QED) is 0.461. The molecule has 138 valence electrons. The van der Waals surface area contributed by atoms with Crippen molar-refractivity contribution in [3.63, 3.8) is 0 Å². The topological polar surface area (TPSA) is 80.2 Å². The monoisotopic (exact) mass is 428 g/mol. The number of rotatable bonds is 6. The SMILES string of the molecule is COc1ccc(OCC(=O)N/N=C\c2c(O)ccc3ccccc23)c(Br)c1. The summed E-state index contributed by atoms with van der Waals surface area (Å²) in [4.78, 5) is 11.9. The molecule has 0 heterocycles. The molecule has 2 N–H and O–H groups in total. The van der Waals surface area contributed by atoms with Crippen LogP contribution in [0, 0.1) is 0 Å². The lowest BCUT2D eigenvalue weighted by atomic mass is 10.0. The van der Waals surface area contributed by atoms with Gasteiger partial charge >= 0.3 is 0 Å². The van der Waals surface area contributed by atoms with Gasteiger partial charge in [-0.15, -0.1) is 0 Å². The molecule has 0 radical (unpaired) electrons. The Morgan fingerprint density at radius 1 is 1.22 bits per heavy atom. The lowest BCUT2D eigenvalue weighted by Gasteiger charge is -2.08. The number of methoxy groups -OCH3 is 1. The highest BCUT2D eigenvalue weighted by Crippen LogP contribution is 2.29. The van der Waals surface area contributed by atoms with E-state index in [9.17, 15) is 9.90 Å². The van der Waals surface area contributed by atoms with Crippen molar-refractivity contribution in [2.75, 3.05) is 13.7 Å². The van der Waals surface area contributed by atoms with Crippen LogP contribution in [-0.4, -0.2) is 30.9 Å². The highest BCUT2D eigenvalue weighted by molar-refractivity contribution is 9.10. The Balaban J connectivity index is 1.62. The number of nitrogens with zero attached hydrogens (tertiary/aromatic N) is 1. The number of phenols is 1. The summed E-state index contributed by atoms with van der Waals surface area (Å²) in [5.41, 5.74) is 2.92. The standard InChI is InChI=1S/C20H17BrN2O4/c1-26-14-7-9-19(17(21)10-14)27-12-20(25)23-22-11-16-15-5-3-2-4-13(15)6-8-18(16)24/h2-11,24H,12H2,1H3,(H,23,25)/b22-11-. The minimum Gasteiger partial charge on any atom is -0.507 e. The van der Waals surface area contributed by atoms with E-state index in [0.717, 1.165) is 10.8 Å². The molecule has 7 heteroatoms. The molecule has 0 saturated heterocycles. The number of hydrogen-bond acceptors (Lipinski definition) is 5. The molecule has 3 aromatic carbocycles. The average molecular weight is 429 g/mol.